The van der Waals surface area contributed by atoms with Gasteiger partial charge in [-0.05, 0) is 67.9 Å². The molecule has 3 heteroatoms. The minimum Gasteiger partial charge on any atom is -0.465 e. The molecule has 0 atom stereocenters. The first-order valence-corrected chi connectivity index (χ1v) is 8.75. The van der Waals surface area contributed by atoms with E-state index < -0.39 is 0 Å². The Morgan fingerprint density at radius 2 is 1.39 bits per heavy atom. The number of benzene rings is 1. The fraction of sp³-hybridized carbons (Fsp3) is 0.600. The third-order valence-corrected chi connectivity index (χ3v) is 6.89. The zero-order valence-corrected chi connectivity index (χ0v) is 13.9. The lowest BCUT2D eigenvalue weighted by Gasteiger charge is -2.59. The second kappa shape index (κ2) is 5.19. The van der Waals surface area contributed by atoms with Crippen molar-refractivity contribution in [2.24, 2.45) is 29.1 Å². The Kier molecular flexibility index (Phi) is 3.36. The van der Waals surface area contributed by atoms with Crippen molar-refractivity contribution in [2.45, 2.75) is 39.0 Å². The number of ether oxygens (including phenoxy) is 1. The van der Waals surface area contributed by atoms with Crippen molar-refractivity contribution in [3.63, 3.8) is 0 Å². The number of hydrogen-bond acceptors (Lipinski definition) is 3. The van der Waals surface area contributed by atoms with E-state index in [0.717, 1.165) is 17.4 Å². The lowest BCUT2D eigenvalue weighted by molar-refractivity contribution is -0.0762. The number of hydrogen-bond donors (Lipinski definition) is 0. The average Bonchev–Trinajstić information content (AvgIpc) is 2.57. The molecule has 0 unspecified atom stereocenters. The van der Waals surface area contributed by atoms with Crippen LogP contribution < -0.4 is 0 Å². The van der Waals surface area contributed by atoms with Crippen LogP contribution in [0.5, 0.6) is 0 Å². The summed E-state index contributed by atoms with van der Waals surface area (Å²) in [6.45, 7) is 2.21. The first-order valence-electron chi connectivity index (χ1n) is 8.75. The molecule has 0 N–H and O–H groups in total. The maximum atomic E-state index is 13.3. The van der Waals surface area contributed by atoms with E-state index in [-0.39, 0.29) is 17.2 Å². The van der Waals surface area contributed by atoms with Crippen molar-refractivity contribution < 1.29 is 14.3 Å². The van der Waals surface area contributed by atoms with Crippen molar-refractivity contribution in [3.8, 4) is 0 Å². The highest BCUT2D eigenvalue weighted by Gasteiger charge is 2.57. The minimum absolute atomic E-state index is 0.208. The average molecular weight is 312 g/mol. The SMILES string of the molecule is COC(=O)c1ccc(C(=O)C2(C)C3CC4CC(C3)CC2C4)cc1. The van der Waals surface area contributed by atoms with Crippen LogP contribution in [0.4, 0.5) is 0 Å². The van der Waals surface area contributed by atoms with E-state index in [2.05, 4.69) is 6.92 Å². The Hall–Kier alpha value is -1.64. The van der Waals surface area contributed by atoms with E-state index in [4.69, 9.17) is 4.74 Å². The van der Waals surface area contributed by atoms with Gasteiger partial charge >= 0.3 is 5.97 Å². The van der Waals surface area contributed by atoms with Crippen LogP contribution in [0.15, 0.2) is 24.3 Å². The fourth-order valence-corrected chi connectivity index (χ4v) is 5.72. The first-order chi connectivity index (χ1) is 11.0. The summed E-state index contributed by atoms with van der Waals surface area (Å²) in [7, 11) is 1.37. The molecule has 0 aromatic heterocycles. The van der Waals surface area contributed by atoms with Gasteiger partial charge in [0.25, 0.3) is 0 Å². The van der Waals surface area contributed by atoms with Crippen LogP contribution in [0.1, 0.15) is 59.7 Å². The fourth-order valence-electron chi connectivity index (χ4n) is 5.72. The van der Waals surface area contributed by atoms with E-state index in [1.54, 1.807) is 24.3 Å². The van der Waals surface area contributed by atoms with Gasteiger partial charge in [-0.3, -0.25) is 4.79 Å². The molecule has 0 radical (unpaired) electrons. The first kappa shape index (κ1) is 14.9. The standard InChI is InChI=1S/C20H24O3/c1-20(16-8-12-7-13(10-16)11-17(20)9-12)18(21)14-3-5-15(6-4-14)19(22)23-2/h3-6,12-13,16-17H,7-11H2,1-2H3. The molecule has 0 spiro atoms. The van der Waals surface area contributed by atoms with Crippen LogP contribution in [0, 0.1) is 29.1 Å². The van der Waals surface area contributed by atoms with Gasteiger partial charge in [0.2, 0.25) is 0 Å². The molecule has 4 aliphatic rings. The molecule has 5 rings (SSSR count). The van der Waals surface area contributed by atoms with E-state index in [1.165, 1.54) is 39.2 Å². The maximum Gasteiger partial charge on any atom is 0.337 e. The summed E-state index contributed by atoms with van der Waals surface area (Å²) in [6.07, 6.45) is 6.32. The summed E-state index contributed by atoms with van der Waals surface area (Å²) in [5.41, 5.74) is 1.03. The Morgan fingerprint density at radius 3 is 1.87 bits per heavy atom. The van der Waals surface area contributed by atoms with Crippen molar-refractivity contribution in [2.75, 3.05) is 7.11 Å². The number of carbonyl (C=O) groups is 2. The van der Waals surface area contributed by atoms with Crippen LogP contribution in [0.3, 0.4) is 0 Å². The molecule has 122 valence electrons. The molecule has 4 fully saturated rings. The number of Topliss-reactive ketones (excluding diaryl/α,β-unsaturated/α-hetero) is 1. The summed E-state index contributed by atoms with van der Waals surface area (Å²) < 4.78 is 4.73. The molecule has 4 saturated carbocycles. The van der Waals surface area contributed by atoms with Gasteiger partial charge in [-0.25, -0.2) is 4.79 Å². The van der Waals surface area contributed by atoms with Gasteiger partial charge in [0, 0.05) is 11.0 Å². The summed E-state index contributed by atoms with van der Waals surface area (Å²) in [5, 5.41) is 0. The predicted octanol–water partition coefficient (Wildman–Crippen LogP) is 4.12. The Labute approximate surface area is 137 Å². The van der Waals surface area contributed by atoms with Gasteiger partial charge in [-0.2, -0.15) is 0 Å². The van der Waals surface area contributed by atoms with Gasteiger partial charge in [-0.15, -0.1) is 0 Å². The maximum absolute atomic E-state index is 13.3. The molecule has 3 nitrogen and oxygen atoms in total. The summed E-state index contributed by atoms with van der Waals surface area (Å²) in [4.78, 5) is 24.8. The molecule has 23 heavy (non-hydrogen) atoms. The smallest absolute Gasteiger partial charge is 0.337 e. The van der Waals surface area contributed by atoms with Crippen molar-refractivity contribution in [1.29, 1.82) is 0 Å². The molecule has 0 aliphatic heterocycles. The molecule has 4 bridgehead atoms. The topological polar surface area (TPSA) is 43.4 Å². The van der Waals surface area contributed by atoms with Gasteiger partial charge in [0.1, 0.15) is 0 Å². The highest BCUT2D eigenvalue weighted by atomic mass is 16.5. The molecule has 1 aromatic rings. The monoisotopic (exact) mass is 312 g/mol. The van der Waals surface area contributed by atoms with E-state index in [1.807, 2.05) is 0 Å². The van der Waals surface area contributed by atoms with E-state index in [9.17, 15) is 9.59 Å². The zero-order chi connectivity index (χ0) is 16.2. The van der Waals surface area contributed by atoms with Crippen molar-refractivity contribution >= 4 is 11.8 Å². The Balaban J connectivity index is 1.62. The summed E-state index contributed by atoms with van der Waals surface area (Å²) >= 11 is 0. The summed E-state index contributed by atoms with van der Waals surface area (Å²) in [5.74, 6) is 2.74. The molecule has 4 aliphatic carbocycles. The van der Waals surface area contributed by atoms with E-state index in [0.29, 0.717) is 17.4 Å². The minimum atomic E-state index is -0.357. The van der Waals surface area contributed by atoms with Gasteiger partial charge in [0.05, 0.1) is 12.7 Å². The lowest BCUT2D eigenvalue weighted by Crippen LogP contribution is -2.55. The highest BCUT2D eigenvalue weighted by molar-refractivity contribution is 6.01. The third-order valence-electron chi connectivity index (χ3n) is 6.89. The molecule has 0 amide bonds. The second-order valence-corrected chi connectivity index (χ2v) is 7.99. The molecule has 1 aromatic carbocycles. The predicted molar refractivity (Wildman–Crippen MR) is 87.3 cm³/mol. The summed E-state index contributed by atoms with van der Waals surface area (Å²) in [6, 6.07) is 7.01. The molecular weight excluding hydrogens is 288 g/mol. The van der Waals surface area contributed by atoms with Crippen LogP contribution in [-0.2, 0) is 4.74 Å². The number of ketones is 1. The Morgan fingerprint density at radius 1 is 0.913 bits per heavy atom. The highest BCUT2D eigenvalue weighted by Crippen LogP contribution is 2.62. The number of carbonyl (C=O) groups excluding carboxylic acids is 2. The van der Waals surface area contributed by atoms with Crippen LogP contribution in [0.2, 0.25) is 0 Å². The van der Waals surface area contributed by atoms with Crippen LogP contribution in [0.25, 0.3) is 0 Å². The van der Waals surface area contributed by atoms with Gasteiger partial charge < -0.3 is 4.74 Å². The molecular formula is C20H24O3. The van der Waals surface area contributed by atoms with Crippen LogP contribution >= 0.6 is 0 Å². The third kappa shape index (κ3) is 2.16. The van der Waals surface area contributed by atoms with Crippen molar-refractivity contribution in [1.82, 2.24) is 0 Å². The van der Waals surface area contributed by atoms with Crippen LogP contribution in [-0.4, -0.2) is 18.9 Å². The van der Waals surface area contributed by atoms with E-state index >= 15 is 0 Å². The number of methoxy groups -OCH3 is 1. The molecule has 0 heterocycles. The lowest BCUT2D eigenvalue weighted by atomic mass is 9.44. The number of esters is 1. The van der Waals surface area contributed by atoms with Gasteiger partial charge in [-0.1, -0.05) is 19.1 Å². The quantitative estimate of drug-likeness (QED) is 0.623. The van der Waals surface area contributed by atoms with Gasteiger partial charge in [0.15, 0.2) is 5.78 Å². The Bertz CT molecular complexity index is 615. The van der Waals surface area contributed by atoms with Crippen molar-refractivity contribution in [3.05, 3.63) is 35.4 Å². The second-order valence-electron chi connectivity index (χ2n) is 7.99. The largest absolute Gasteiger partial charge is 0.465 e. The zero-order valence-electron chi connectivity index (χ0n) is 13.9. The normalized spacial score (nSPS) is 37.7. The molecule has 0 saturated heterocycles. The number of rotatable bonds is 3.